The van der Waals surface area contributed by atoms with Crippen molar-refractivity contribution in [2.75, 3.05) is 13.1 Å². The van der Waals surface area contributed by atoms with Crippen molar-refractivity contribution in [3.05, 3.63) is 108 Å². The molecule has 7 rings (SSSR count). The third-order valence-corrected chi connectivity index (χ3v) is 7.68. The second-order valence-corrected chi connectivity index (χ2v) is 10.4. The summed E-state index contributed by atoms with van der Waals surface area (Å²) in [7, 11) is 0. The van der Waals surface area contributed by atoms with Crippen LogP contribution in [0.5, 0.6) is 0 Å². The van der Waals surface area contributed by atoms with Crippen molar-refractivity contribution in [2.24, 2.45) is 0 Å². The number of rotatable bonds is 6. The molecule has 0 unspecified atom stereocenters. The lowest BCUT2D eigenvalue weighted by Gasteiger charge is -2.30. The number of pyridine rings is 1. The Kier molecular flexibility index (Phi) is 6.37. The number of aromatic nitrogens is 7. The SMILES string of the molecule is Cc1ccc2nc(-c3ccc(CN4CCC(c5nnc(-c6ccccn6)[nH]5)CC4)cc3)c(-c3ccccc3)n2n1. The lowest BCUT2D eigenvalue weighted by molar-refractivity contribution is 0.202. The van der Waals surface area contributed by atoms with Crippen molar-refractivity contribution in [2.45, 2.75) is 32.2 Å². The topological polar surface area (TPSA) is 87.9 Å². The molecule has 0 amide bonds. The van der Waals surface area contributed by atoms with Crippen LogP contribution in [0.15, 0.2) is 91.1 Å². The Morgan fingerprint density at radius 2 is 1.62 bits per heavy atom. The molecule has 8 heteroatoms. The summed E-state index contributed by atoms with van der Waals surface area (Å²) in [4.78, 5) is 15.3. The van der Waals surface area contributed by atoms with Gasteiger partial charge in [-0.2, -0.15) is 5.10 Å². The third kappa shape index (κ3) is 4.78. The first-order valence-corrected chi connectivity index (χ1v) is 13.8. The smallest absolute Gasteiger partial charge is 0.179 e. The Balaban J connectivity index is 1.05. The fourth-order valence-electron chi connectivity index (χ4n) is 5.55. The minimum absolute atomic E-state index is 0.396. The summed E-state index contributed by atoms with van der Waals surface area (Å²) in [6.07, 6.45) is 3.90. The van der Waals surface area contributed by atoms with Gasteiger partial charge >= 0.3 is 0 Å². The molecule has 8 nitrogen and oxygen atoms in total. The van der Waals surface area contributed by atoms with Crippen molar-refractivity contribution in [1.29, 1.82) is 0 Å². The summed E-state index contributed by atoms with van der Waals surface area (Å²) in [5.74, 6) is 2.10. The predicted molar refractivity (Wildman–Crippen MR) is 155 cm³/mol. The number of piperidine rings is 1. The van der Waals surface area contributed by atoms with Gasteiger partial charge in [-0.25, -0.2) is 9.50 Å². The maximum absolute atomic E-state index is 4.98. The molecule has 2 aromatic carbocycles. The standard InChI is InChI=1S/C32H30N8/c1-22-10-15-28-34-29(30(40(28)38-22)25-7-3-2-4-8-25)24-13-11-23(12-14-24)21-39-19-16-26(17-20-39)31-35-32(37-36-31)27-9-5-6-18-33-27/h2-15,18,26H,16-17,19-21H2,1H3,(H,35,36,37). The van der Waals surface area contributed by atoms with E-state index in [4.69, 9.17) is 10.1 Å². The Morgan fingerprint density at radius 3 is 2.40 bits per heavy atom. The molecule has 0 radical (unpaired) electrons. The second-order valence-electron chi connectivity index (χ2n) is 10.4. The van der Waals surface area contributed by atoms with E-state index in [0.29, 0.717) is 5.92 Å². The highest BCUT2D eigenvalue weighted by Gasteiger charge is 2.24. The molecule has 5 heterocycles. The van der Waals surface area contributed by atoms with Crippen LogP contribution in [0.2, 0.25) is 0 Å². The summed E-state index contributed by atoms with van der Waals surface area (Å²) in [5.41, 5.74) is 8.12. The molecule has 0 aliphatic carbocycles. The van der Waals surface area contributed by atoms with E-state index in [1.54, 1.807) is 6.20 Å². The fourth-order valence-corrected chi connectivity index (χ4v) is 5.55. The number of aryl methyl sites for hydroxylation is 1. The van der Waals surface area contributed by atoms with Gasteiger partial charge in [0.05, 0.1) is 11.4 Å². The van der Waals surface area contributed by atoms with E-state index >= 15 is 0 Å². The Bertz CT molecular complexity index is 1730. The number of imidazole rings is 1. The highest BCUT2D eigenvalue weighted by molar-refractivity contribution is 5.81. The van der Waals surface area contributed by atoms with Crippen molar-refractivity contribution >= 4 is 5.65 Å². The number of hydrogen-bond donors (Lipinski definition) is 1. The molecule has 1 aliphatic rings. The van der Waals surface area contributed by atoms with E-state index < -0.39 is 0 Å². The van der Waals surface area contributed by atoms with Gasteiger partial charge in [0.1, 0.15) is 17.2 Å². The largest absolute Gasteiger partial charge is 0.323 e. The van der Waals surface area contributed by atoms with Gasteiger partial charge in [0.25, 0.3) is 0 Å². The second kappa shape index (κ2) is 10.5. The summed E-state index contributed by atoms with van der Waals surface area (Å²) >= 11 is 0. The molecule has 1 fully saturated rings. The van der Waals surface area contributed by atoms with Crippen molar-refractivity contribution in [3.8, 4) is 34.0 Å². The van der Waals surface area contributed by atoms with Gasteiger partial charge in [-0.1, -0.05) is 60.7 Å². The first kappa shape index (κ1) is 24.4. The summed E-state index contributed by atoms with van der Waals surface area (Å²) in [5, 5.41) is 13.5. The number of aromatic amines is 1. The van der Waals surface area contributed by atoms with Crippen LogP contribution in [0.3, 0.4) is 0 Å². The van der Waals surface area contributed by atoms with Crippen molar-refractivity contribution in [1.82, 2.24) is 39.7 Å². The van der Waals surface area contributed by atoms with Crippen LogP contribution in [0.1, 0.15) is 35.8 Å². The number of nitrogens with zero attached hydrogens (tertiary/aromatic N) is 7. The normalized spacial score (nSPS) is 14.6. The lowest BCUT2D eigenvalue weighted by Crippen LogP contribution is -2.32. The monoisotopic (exact) mass is 526 g/mol. The van der Waals surface area contributed by atoms with E-state index in [1.165, 1.54) is 5.56 Å². The molecule has 0 bridgehead atoms. The molecule has 0 saturated carbocycles. The molecule has 40 heavy (non-hydrogen) atoms. The number of H-pyrrole nitrogens is 1. The minimum atomic E-state index is 0.396. The van der Waals surface area contributed by atoms with Crippen LogP contribution in [-0.4, -0.2) is 52.8 Å². The van der Waals surface area contributed by atoms with E-state index in [1.807, 2.05) is 47.8 Å². The maximum atomic E-state index is 4.98. The number of fused-ring (bicyclic) bond motifs is 1. The quantitative estimate of drug-likeness (QED) is 0.289. The first-order chi connectivity index (χ1) is 19.7. The van der Waals surface area contributed by atoms with Gasteiger partial charge in [0, 0.05) is 29.8 Å². The summed E-state index contributed by atoms with van der Waals surface area (Å²) in [6, 6.07) is 29.1. The minimum Gasteiger partial charge on any atom is -0.323 e. The van der Waals surface area contributed by atoms with Crippen LogP contribution >= 0.6 is 0 Å². The molecular formula is C32H30N8. The highest BCUT2D eigenvalue weighted by Crippen LogP contribution is 2.33. The number of hydrogen-bond acceptors (Lipinski definition) is 6. The number of nitrogens with one attached hydrogen (secondary N) is 1. The van der Waals surface area contributed by atoms with Gasteiger partial charge in [0.2, 0.25) is 0 Å². The molecule has 1 N–H and O–H groups in total. The zero-order chi connectivity index (χ0) is 26.9. The molecule has 1 saturated heterocycles. The van der Waals surface area contributed by atoms with Gasteiger partial charge in [-0.05, 0) is 62.7 Å². The molecule has 0 atom stereocenters. The predicted octanol–water partition coefficient (Wildman–Crippen LogP) is 5.93. The van der Waals surface area contributed by atoms with Gasteiger partial charge < -0.3 is 4.98 Å². The number of likely N-dealkylation sites (tertiary alicyclic amines) is 1. The van der Waals surface area contributed by atoms with E-state index in [-0.39, 0.29) is 0 Å². The third-order valence-electron chi connectivity index (χ3n) is 7.68. The molecule has 1 aliphatic heterocycles. The maximum Gasteiger partial charge on any atom is 0.179 e. The van der Waals surface area contributed by atoms with Crippen molar-refractivity contribution in [3.63, 3.8) is 0 Å². The van der Waals surface area contributed by atoms with Crippen molar-refractivity contribution < 1.29 is 0 Å². The number of benzene rings is 2. The summed E-state index contributed by atoms with van der Waals surface area (Å²) < 4.78 is 1.96. The molecule has 0 spiro atoms. The van der Waals surface area contributed by atoms with E-state index in [2.05, 4.69) is 73.6 Å². The lowest BCUT2D eigenvalue weighted by atomic mass is 9.95. The van der Waals surface area contributed by atoms with Crippen LogP contribution in [0.4, 0.5) is 0 Å². The fraction of sp³-hybridized carbons (Fsp3) is 0.219. The molecule has 6 aromatic rings. The van der Waals surface area contributed by atoms with E-state index in [0.717, 1.165) is 83.7 Å². The summed E-state index contributed by atoms with van der Waals surface area (Å²) in [6.45, 7) is 5.00. The van der Waals surface area contributed by atoms with Gasteiger partial charge in [0.15, 0.2) is 11.5 Å². The molecular weight excluding hydrogens is 496 g/mol. The highest BCUT2D eigenvalue weighted by atomic mass is 15.3. The first-order valence-electron chi connectivity index (χ1n) is 13.8. The van der Waals surface area contributed by atoms with E-state index in [9.17, 15) is 0 Å². The van der Waals surface area contributed by atoms with Crippen LogP contribution in [0, 0.1) is 6.92 Å². The average molecular weight is 527 g/mol. The average Bonchev–Trinajstić information content (AvgIpc) is 3.65. The van der Waals surface area contributed by atoms with Crippen LogP contribution in [0.25, 0.3) is 39.7 Å². The van der Waals surface area contributed by atoms with Gasteiger partial charge in [-0.3, -0.25) is 9.88 Å². The zero-order valence-corrected chi connectivity index (χ0v) is 22.4. The Hall–Kier alpha value is -4.69. The van der Waals surface area contributed by atoms with Crippen LogP contribution < -0.4 is 0 Å². The Morgan fingerprint density at radius 1 is 0.825 bits per heavy atom. The van der Waals surface area contributed by atoms with Gasteiger partial charge in [-0.15, -0.1) is 10.2 Å². The Labute approximate surface area is 232 Å². The van der Waals surface area contributed by atoms with Crippen LogP contribution in [-0.2, 0) is 6.54 Å². The molecule has 4 aromatic heterocycles. The zero-order valence-electron chi connectivity index (χ0n) is 22.4. The molecule has 198 valence electrons.